The van der Waals surface area contributed by atoms with E-state index in [9.17, 15) is 4.79 Å². The van der Waals surface area contributed by atoms with Crippen molar-refractivity contribution in [1.82, 2.24) is 20.4 Å². The van der Waals surface area contributed by atoms with Crippen LogP contribution in [0.4, 0.5) is 4.79 Å². The standard InChI is InChI=1S/C19H28N4O2/c1-7-16-21-17(25-22-16)12-23(6)18(24)20-13(2)14-8-10-15(11-9-14)19(3,4)5/h8-11,13H,7,12H2,1-6H3,(H,20,24). The van der Waals surface area contributed by atoms with Crippen LogP contribution in [0.3, 0.4) is 0 Å². The van der Waals surface area contributed by atoms with E-state index in [2.05, 4.69) is 60.5 Å². The first-order chi connectivity index (χ1) is 11.7. The molecule has 2 aromatic rings. The van der Waals surface area contributed by atoms with E-state index >= 15 is 0 Å². The van der Waals surface area contributed by atoms with Gasteiger partial charge in [0.2, 0.25) is 5.89 Å². The third-order valence-corrected chi connectivity index (χ3v) is 4.16. The molecule has 0 radical (unpaired) electrons. The third kappa shape index (κ3) is 5.05. The Kier molecular flexibility index (Phi) is 5.82. The molecule has 6 nitrogen and oxygen atoms in total. The van der Waals surface area contributed by atoms with Crippen LogP contribution in [0.2, 0.25) is 0 Å². The number of carbonyl (C=O) groups excluding carboxylic acids is 1. The lowest BCUT2D eigenvalue weighted by Gasteiger charge is -2.22. The Labute approximate surface area is 149 Å². The Morgan fingerprint density at radius 1 is 1.28 bits per heavy atom. The highest BCUT2D eigenvalue weighted by Crippen LogP contribution is 2.24. The normalized spacial score (nSPS) is 12.7. The Hall–Kier alpha value is -2.37. The number of rotatable bonds is 5. The van der Waals surface area contributed by atoms with Crippen LogP contribution in [-0.2, 0) is 18.4 Å². The van der Waals surface area contributed by atoms with Crippen LogP contribution in [0.25, 0.3) is 0 Å². The van der Waals surface area contributed by atoms with Crippen molar-refractivity contribution in [3.05, 3.63) is 47.1 Å². The highest BCUT2D eigenvalue weighted by Gasteiger charge is 2.17. The zero-order valence-corrected chi connectivity index (χ0v) is 16.0. The van der Waals surface area contributed by atoms with E-state index in [0.717, 1.165) is 5.56 Å². The van der Waals surface area contributed by atoms with E-state index in [4.69, 9.17) is 4.52 Å². The third-order valence-electron chi connectivity index (χ3n) is 4.16. The number of nitrogens with zero attached hydrogens (tertiary/aromatic N) is 3. The lowest BCUT2D eigenvalue weighted by molar-refractivity contribution is 0.196. The molecule has 0 fully saturated rings. The van der Waals surface area contributed by atoms with Gasteiger partial charge < -0.3 is 14.7 Å². The number of amides is 2. The minimum absolute atomic E-state index is 0.0853. The fourth-order valence-electron chi connectivity index (χ4n) is 2.42. The summed E-state index contributed by atoms with van der Waals surface area (Å²) in [6.45, 7) is 10.8. The van der Waals surface area contributed by atoms with Gasteiger partial charge in [0.1, 0.15) is 6.54 Å². The molecule has 2 amide bonds. The molecule has 1 atom stereocenters. The Balaban J connectivity index is 1.94. The fraction of sp³-hybridized carbons (Fsp3) is 0.526. The minimum atomic E-state index is -0.177. The summed E-state index contributed by atoms with van der Waals surface area (Å²) in [5.41, 5.74) is 2.46. The second-order valence-corrected chi connectivity index (χ2v) is 7.36. The summed E-state index contributed by atoms with van der Waals surface area (Å²) in [5.74, 6) is 1.09. The Morgan fingerprint density at radius 3 is 2.44 bits per heavy atom. The number of aromatic nitrogens is 2. The molecule has 0 spiro atoms. The summed E-state index contributed by atoms with van der Waals surface area (Å²) in [6, 6.07) is 8.11. The largest absolute Gasteiger partial charge is 0.337 e. The highest BCUT2D eigenvalue weighted by atomic mass is 16.5. The number of hydrogen-bond acceptors (Lipinski definition) is 4. The molecule has 6 heteroatoms. The second kappa shape index (κ2) is 7.68. The molecule has 136 valence electrons. The molecule has 2 rings (SSSR count). The predicted octanol–water partition coefficient (Wildman–Crippen LogP) is 3.83. The quantitative estimate of drug-likeness (QED) is 0.895. The van der Waals surface area contributed by atoms with Gasteiger partial charge in [0.15, 0.2) is 5.82 Å². The molecule has 0 aliphatic carbocycles. The van der Waals surface area contributed by atoms with Crippen LogP contribution in [0.5, 0.6) is 0 Å². The van der Waals surface area contributed by atoms with Crippen molar-refractivity contribution in [2.45, 2.75) is 59.0 Å². The van der Waals surface area contributed by atoms with E-state index in [1.54, 1.807) is 7.05 Å². The van der Waals surface area contributed by atoms with Crippen LogP contribution in [-0.4, -0.2) is 28.1 Å². The average Bonchev–Trinajstić information content (AvgIpc) is 3.01. The van der Waals surface area contributed by atoms with Crippen molar-refractivity contribution < 1.29 is 9.32 Å². The maximum atomic E-state index is 12.4. The predicted molar refractivity (Wildman–Crippen MR) is 97.2 cm³/mol. The van der Waals surface area contributed by atoms with E-state index < -0.39 is 0 Å². The van der Waals surface area contributed by atoms with Crippen LogP contribution >= 0.6 is 0 Å². The van der Waals surface area contributed by atoms with E-state index in [0.29, 0.717) is 18.1 Å². The molecule has 25 heavy (non-hydrogen) atoms. The van der Waals surface area contributed by atoms with E-state index in [1.165, 1.54) is 10.5 Å². The molecular weight excluding hydrogens is 316 g/mol. The lowest BCUT2D eigenvalue weighted by atomic mass is 9.86. The van der Waals surface area contributed by atoms with Gasteiger partial charge in [0.05, 0.1) is 6.04 Å². The first-order valence-electron chi connectivity index (χ1n) is 8.64. The number of carbonyl (C=O) groups is 1. The van der Waals surface area contributed by atoms with Gasteiger partial charge in [-0.05, 0) is 23.5 Å². The first-order valence-corrected chi connectivity index (χ1v) is 8.64. The van der Waals surface area contributed by atoms with E-state index in [1.807, 2.05) is 13.8 Å². The Bertz CT molecular complexity index is 701. The number of nitrogens with one attached hydrogen (secondary N) is 1. The summed E-state index contributed by atoms with van der Waals surface area (Å²) < 4.78 is 5.13. The molecule has 0 bridgehead atoms. The van der Waals surface area contributed by atoms with Crippen molar-refractivity contribution in [2.75, 3.05) is 7.05 Å². The summed E-state index contributed by atoms with van der Waals surface area (Å²) in [6.07, 6.45) is 0.709. The summed E-state index contributed by atoms with van der Waals surface area (Å²) in [7, 11) is 1.71. The topological polar surface area (TPSA) is 71.3 Å². The van der Waals surface area contributed by atoms with E-state index in [-0.39, 0.29) is 24.0 Å². The molecular formula is C19H28N4O2. The second-order valence-electron chi connectivity index (χ2n) is 7.36. The van der Waals surface area contributed by atoms with Gasteiger partial charge in [-0.25, -0.2) is 4.79 Å². The molecule has 1 heterocycles. The van der Waals surface area contributed by atoms with Crippen molar-refractivity contribution in [2.24, 2.45) is 0 Å². The highest BCUT2D eigenvalue weighted by molar-refractivity contribution is 5.74. The van der Waals surface area contributed by atoms with Crippen molar-refractivity contribution in [3.8, 4) is 0 Å². The zero-order valence-electron chi connectivity index (χ0n) is 16.0. The van der Waals surface area contributed by atoms with Crippen LogP contribution in [0.15, 0.2) is 28.8 Å². The zero-order chi connectivity index (χ0) is 18.6. The molecule has 0 saturated heterocycles. The van der Waals surface area contributed by atoms with Crippen molar-refractivity contribution in [1.29, 1.82) is 0 Å². The molecule has 0 aliphatic heterocycles. The van der Waals surface area contributed by atoms with Crippen LogP contribution in [0.1, 0.15) is 63.5 Å². The van der Waals surface area contributed by atoms with Crippen molar-refractivity contribution in [3.63, 3.8) is 0 Å². The van der Waals surface area contributed by atoms with Crippen molar-refractivity contribution >= 4 is 6.03 Å². The monoisotopic (exact) mass is 344 g/mol. The van der Waals surface area contributed by atoms with Gasteiger partial charge in [0.25, 0.3) is 0 Å². The maximum absolute atomic E-state index is 12.4. The number of hydrogen-bond donors (Lipinski definition) is 1. The number of urea groups is 1. The molecule has 1 unspecified atom stereocenters. The maximum Gasteiger partial charge on any atom is 0.318 e. The molecule has 1 N–H and O–H groups in total. The lowest BCUT2D eigenvalue weighted by Crippen LogP contribution is -2.38. The average molecular weight is 344 g/mol. The van der Waals surface area contributed by atoms with Gasteiger partial charge in [-0.2, -0.15) is 4.98 Å². The summed E-state index contributed by atoms with van der Waals surface area (Å²) in [5, 5.41) is 6.83. The van der Waals surface area contributed by atoms with Crippen LogP contribution < -0.4 is 5.32 Å². The molecule has 0 saturated carbocycles. The fourth-order valence-corrected chi connectivity index (χ4v) is 2.42. The van der Waals surface area contributed by atoms with Gasteiger partial charge in [-0.1, -0.05) is 57.1 Å². The molecule has 1 aromatic heterocycles. The Morgan fingerprint density at radius 2 is 1.92 bits per heavy atom. The minimum Gasteiger partial charge on any atom is -0.337 e. The number of benzene rings is 1. The summed E-state index contributed by atoms with van der Waals surface area (Å²) >= 11 is 0. The molecule has 0 aliphatic rings. The van der Waals surface area contributed by atoms with Gasteiger partial charge in [0, 0.05) is 13.5 Å². The smallest absolute Gasteiger partial charge is 0.318 e. The number of aryl methyl sites for hydroxylation is 1. The van der Waals surface area contributed by atoms with Gasteiger partial charge >= 0.3 is 6.03 Å². The van der Waals surface area contributed by atoms with Gasteiger partial charge in [-0.3, -0.25) is 0 Å². The van der Waals surface area contributed by atoms with Gasteiger partial charge in [-0.15, -0.1) is 0 Å². The first kappa shape index (κ1) is 19.0. The summed E-state index contributed by atoms with van der Waals surface area (Å²) in [4.78, 5) is 18.1. The van der Waals surface area contributed by atoms with Crippen LogP contribution in [0, 0.1) is 0 Å². The SMILES string of the molecule is CCc1noc(CN(C)C(=O)NC(C)c2ccc(C(C)(C)C)cc2)n1. The molecule has 1 aromatic carbocycles.